The summed E-state index contributed by atoms with van der Waals surface area (Å²) in [4.78, 5) is 5.27. The zero-order valence-corrected chi connectivity index (χ0v) is 11.1. The molecule has 2 rings (SSSR count). The number of hydrogen-bond donors (Lipinski definition) is 2. The molecular weight excluding hydrogens is 288 g/mol. The van der Waals surface area contributed by atoms with E-state index in [0.29, 0.717) is 0 Å². The number of hydrogen-bond acceptors (Lipinski definition) is 4. The molecule has 0 radical (unpaired) electrons. The minimum absolute atomic E-state index is 0.805. The van der Waals surface area contributed by atoms with Crippen molar-refractivity contribution in [2.75, 3.05) is 7.05 Å². The molecule has 0 aliphatic carbocycles. The maximum Gasteiger partial charge on any atom is 0.188 e. The second-order valence-corrected chi connectivity index (χ2v) is 5.12. The average Bonchev–Trinajstić information content (AvgIpc) is 2.75. The molecule has 84 valence electrons. The molecule has 2 aromatic rings. The fourth-order valence-corrected chi connectivity index (χ4v) is 2.54. The molecular formula is C10H11BrN4S. The summed E-state index contributed by atoms with van der Waals surface area (Å²) < 4.78 is 1.08. The number of benzene rings is 1. The normalized spacial score (nSPS) is 10.6. The first kappa shape index (κ1) is 11.6. The van der Waals surface area contributed by atoms with Gasteiger partial charge in [-0.1, -0.05) is 27.7 Å². The lowest BCUT2D eigenvalue weighted by molar-refractivity contribution is 0.802. The summed E-state index contributed by atoms with van der Waals surface area (Å²) >= 11 is 5.05. The summed E-state index contributed by atoms with van der Waals surface area (Å²) in [6, 6.07) is 6.21. The first-order chi connectivity index (χ1) is 7.79. The summed E-state index contributed by atoms with van der Waals surface area (Å²) in [7, 11) is 1.93. The minimum Gasteiger partial charge on any atom is -0.316 e. The van der Waals surface area contributed by atoms with Crippen LogP contribution in [-0.2, 0) is 6.54 Å². The molecule has 0 spiro atoms. The van der Waals surface area contributed by atoms with E-state index in [0.717, 1.165) is 16.2 Å². The van der Waals surface area contributed by atoms with E-state index in [1.165, 1.54) is 16.8 Å². The molecule has 0 saturated heterocycles. The standard InChI is InChI=1S/C10H11BrN4S/c1-12-5-7-4-8(11)2-3-9(7)16-10-13-6-14-15-10/h2-4,6,12H,5H2,1H3,(H,13,14,15). The highest BCUT2D eigenvalue weighted by molar-refractivity contribution is 9.10. The van der Waals surface area contributed by atoms with Crippen LogP contribution in [0.5, 0.6) is 0 Å². The lowest BCUT2D eigenvalue weighted by Crippen LogP contribution is -2.06. The predicted octanol–water partition coefficient (Wildman–Crippen LogP) is 2.44. The van der Waals surface area contributed by atoms with E-state index in [9.17, 15) is 0 Å². The van der Waals surface area contributed by atoms with E-state index < -0.39 is 0 Å². The van der Waals surface area contributed by atoms with Gasteiger partial charge in [-0.3, -0.25) is 5.10 Å². The fraction of sp³-hybridized carbons (Fsp3) is 0.200. The van der Waals surface area contributed by atoms with Gasteiger partial charge in [0.2, 0.25) is 0 Å². The quantitative estimate of drug-likeness (QED) is 0.910. The zero-order chi connectivity index (χ0) is 11.4. The second-order valence-electron chi connectivity index (χ2n) is 3.18. The summed E-state index contributed by atoms with van der Waals surface area (Å²) in [6.45, 7) is 0.829. The van der Waals surface area contributed by atoms with E-state index in [-0.39, 0.29) is 0 Å². The number of rotatable bonds is 4. The van der Waals surface area contributed by atoms with Gasteiger partial charge >= 0.3 is 0 Å². The minimum atomic E-state index is 0.805. The Hall–Kier alpha value is -0.850. The third-order valence-corrected chi connectivity index (χ3v) is 3.49. The van der Waals surface area contributed by atoms with Crippen molar-refractivity contribution in [3.05, 3.63) is 34.6 Å². The van der Waals surface area contributed by atoms with Crippen molar-refractivity contribution in [2.24, 2.45) is 0 Å². The van der Waals surface area contributed by atoms with E-state index in [1.54, 1.807) is 11.8 Å². The van der Waals surface area contributed by atoms with Crippen LogP contribution in [0, 0.1) is 0 Å². The molecule has 0 aliphatic rings. The average molecular weight is 299 g/mol. The Morgan fingerprint density at radius 1 is 1.50 bits per heavy atom. The number of nitrogens with one attached hydrogen (secondary N) is 2. The first-order valence-corrected chi connectivity index (χ1v) is 6.37. The summed E-state index contributed by atoms with van der Waals surface area (Å²) in [5.74, 6) is 0. The number of aromatic amines is 1. The van der Waals surface area contributed by atoms with Crippen LogP contribution in [0.2, 0.25) is 0 Å². The van der Waals surface area contributed by atoms with Gasteiger partial charge in [0.1, 0.15) is 6.33 Å². The Bertz CT molecular complexity index is 458. The maximum absolute atomic E-state index is 4.10. The van der Waals surface area contributed by atoms with Crippen LogP contribution in [-0.4, -0.2) is 22.2 Å². The molecule has 1 aromatic carbocycles. The van der Waals surface area contributed by atoms with Gasteiger partial charge < -0.3 is 5.32 Å². The van der Waals surface area contributed by atoms with Crippen LogP contribution >= 0.6 is 27.7 Å². The van der Waals surface area contributed by atoms with Crippen LogP contribution in [0.3, 0.4) is 0 Å². The Kier molecular flexibility index (Phi) is 3.98. The van der Waals surface area contributed by atoms with Gasteiger partial charge in [0.25, 0.3) is 0 Å². The van der Waals surface area contributed by atoms with Crippen molar-refractivity contribution in [3.8, 4) is 0 Å². The van der Waals surface area contributed by atoms with Gasteiger partial charge in [-0.15, -0.1) is 0 Å². The van der Waals surface area contributed by atoms with Gasteiger partial charge in [-0.25, -0.2) is 4.98 Å². The van der Waals surface area contributed by atoms with Gasteiger partial charge in [-0.2, -0.15) is 5.10 Å². The van der Waals surface area contributed by atoms with Crippen LogP contribution in [0.4, 0.5) is 0 Å². The molecule has 6 heteroatoms. The van der Waals surface area contributed by atoms with Crippen molar-refractivity contribution >= 4 is 27.7 Å². The first-order valence-electron chi connectivity index (χ1n) is 4.76. The SMILES string of the molecule is CNCc1cc(Br)ccc1Sc1ncn[nH]1. The third kappa shape index (κ3) is 2.84. The molecule has 1 heterocycles. The lowest BCUT2D eigenvalue weighted by atomic mass is 10.2. The van der Waals surface area contributed by atoms with Crippen molar-refractivity contribution < 1.29 is 0 Å². The van der Waals surface area contributed by atoms with Gasteiger partial charge in [-0.05, 0) is 30.8 Å². The monoisotopic (exact) mass is 298 g/mol. The van der Waals surface area contributed by atoms with Gasteiger partial charge in [0.05, 0.1) is 0 Å². The van der Waals surface area contributed by atoms with Crippen LogP contribution in [0.25, 0.3) is 0 Å². The second kappa shape index (κ2) is 5.47. The number of nitrogens with zero attached hydrogens (tertiary/aromatic N) is 2. The van der Waals surface area contributed by atoms with E-state index in [2.05, 4.69) is 48.6 Å². The highest BCUT2D eigenvalue weighted by Gasteiger charge is 2.06. The molecule has 1 aromatic heterocycles. The van der Waals surface area contributed by atoms with E-state index in [1.807, 2.05) is 13.1 Å². The maximum atomic E-state index is 4.10. The molecule has 0 unspecified atom stereocenters. The van der Waals surface area contributed by atoms with Gasteiger partial charge in [0.15, 0.2) is 5.16 Å². The van der Waals surface area contributed by atoms with Crippen molar-refractivity contribution in [3.63, 3.8) is 0 Å². The van der Waals surface area contributed by atoms with Crippen molar-refractivity contribution in [1.82, 2.24) is 20.5 Å². The van der Waals surface area contributed by atoms with Gasteiger partial charge in [0, 0.05) is 15.9 Å². The van der Waals surface area contributed by atoms with Crippen LogP contribution in [0.15, 0.2) is 39.1 Å². The summed E-state index contributed by atoms with van der Waals surface area (Å²) in [6.07, 6.45) is 1.51. The molecule has 0 amide bonds. The molecule has 0 fully saturated rings. The van der Waals surface area contributed by atoms with Crippen molar-refractivity contribution in [1.29, 1.82) is 0 Å². The third-order valence-electron chi connectivity index (χ3n) is 1.99. The molecule has 16 heavy (non-hydrogen) atoms. The van der Waals surface area contributed by atoms with Crippen LogP contribution < -0.4 is 5.32 Å². The lowest BCUT2D eigenvalue weighted by Gasteiger charge is -2.07. The van der Waals surface area contributed by atoms with Crippen LogP contribution in [0.1, 0.15) is 5.56 Å². The Morgan fingerprint density at radius 3 is 3.06 bits per heavy atom. The zero-order valence-electron chi connectivity index (χ0n) is 8.70. The number of aromatic nitrogens is 3. The molecule has 0 atom stereocenters. The molecule has 0 aliphatic heterocycles. The smallest absolute Gasteiger partial charge is 0.188 e. The topological polar surface area (TPSA) is 53.6 Å². The Morgan fingerprint density at radius 2 is 2.38 bits per heavy atom. The molecule has 4 nitrogen and oxygen atoms in total. The molecule has 2 N–H and O–H groups in total. The van der Waals surface area contributed by atoms with E-state index >= 15 is 0 Å². The summed E-state index contributed by atoms with van der Waals surface area (Å²) in [5.41, 5.74) is 1.23. The Labute approximate surface area is 106 Å². The number of halogens is 1. The molecule has 0 saturated carbocycles. The Balaban J connectivity index is 2.25. The van der Waals surface area contributed by atoms with E-state index in [4.69, 9.17) is 0 Å². The van der Waals surface area contributed by atoms with Crippen molar-refractivity contribution in [2.45, 2.75) is 16.6 Å². The summed E-state index contributed by atoms with van der Waals surface area (Å²) in [5, 5.41) is 10.6. The molecule has 0 bridgehead atoms. The fourth-order valence-electron chi connectivity index (χ4n) is 1.32. The highest BCUT2D eigenvalue weighted by Crippen LogP contribution is 2.29. The number of H-pyrrole nitrogens is 1. The predicted molar refractivity (Wildman–Crippen MR) is 67.4 cm³/mol. The highest BCUT2D eigenvalue weighted by atomic mass is 79.9. The largest absolute Gasteiger partial charge is 0.316 e.